The predicted octanol–water partition coefficient (Wildman–Crippen LogP) is 5.01. The second-order valence-corrected chi connectivity index (χ2v) is 8.25. The van der Waals surface area contributed by atoms with Gasteiger partial charge >= 0.3 is 0 Å². The number of halogens is 2. The van der Waals surface area contributed by atoms with Crippen molar-refractivity contribution in [3.05, 3.63) is 105 Å². The van der Waals surface area contributed by atoms with Crippen LogP contribution in [0.25, 0.3) is 0 Å². The first kappa shape index (κ1) is 22.6. The van der Waals surface area contributed by atoms with Gasteiger partial charge in [0.05, 0.1) is 5.69 Å². The largest absolute Gasteiger partial charge is 0.350 e. The number of hydrogen-bond acceptors (Lipinski definition) is 4. The van der Waals surface area contributed by atoms with Crippen molar-refractivity contribution in [2.75, 3.05) is 10.2 Å². The van der Waals surface area contributed by atoms with Crippen molar-refractivity contribution in [1.82, 2.24) is 5.32 Å². The number of amides is 3. The molecule has 1 aliphatic rings. The predicted molar refractivity (Wildman–Crippen MR) is 129 cm³/mol. The van der Waals surface area contributed by atoms with Crippen molar-refractivity contribution >= 4 is 52.3 Å². The Hall–Kier alpha value is -3.61. The van der Waals surface area contributed by atoms with E-state index in [9.17, 15) is 14.4 Å². The first-order valence-corrected chi connectivity index (χ1v) is 10.8. The smallest absolute Gasteiger partial charge is 0.283 e. The Morgan fingerprint density at radius 2 is 1.61 bits per heavy atom. The van der Waals surface area contributed by atoms with Crippen molar-refractivity contribution in [1.29, 1.82) is 0 Å². The van der Waals surface area contributed by atoms with E-state index in [1.165, 1.54) is 0 Å². The fraction of sp³-hybridized carbons (Fsp3) is 0.0800. The molecule has 0 aromatic heterocycles. The Balaban J connectivity index is 1.46. The third kappa shape index (κ3) is 4.77. The van der Waals surface area contributed by atoms with Gasteiger partial charge in [-0.2, -0.15) is 0 Å². The molecule has 3 aromatic rings. The summed E-state index contributed by atoms with van der Waals surface area (Å²) < 4.78 is 0. The van der Waals surface area contributed by atoms with Crippen LogP contribution in [0.2, 0.25) is 5.02 Å². The van der Waals surface area contributed by atoms with Crippen LogP contribution in [-0.2, 0) is 16.1 Å². The van der Waals surface area contributed by atoms with Crippen LogP contribution < -0.4 is 15.5 Å². The Bertz CT molecular complexity index is 1270. The number of imide groups is 1. The summed E-state index contributed by atoms with van der Waals surface area (Å²) in [5.41, 5.74) is 3.00. The minimum atomic E-state index is -0.633. The lowest BCUT2D eigenvalue weighted by molar-refractivity contribution is -0.120. The van der Waals surface area contributed by atoms with Crippen molar-refractivity contribution in [2.24, 2.45) is 0 Å². The van der Waals surface area contributed by atoms with Gasteiger partial charge in [-0.3, -0.25) is 14.4 Å². The highest BCUT2D eigenvalue weighted by atomic mass is 35.5. The van der Waals surface area contributed by atoms with Crippen LogP contribution in [0.5, 0.6) is 0 Å². The molecule has 6 nitrogen and oxygen atoms in total. The number of carbonyl (C=O) groups is 3. The minimum Gasteiger partial charge on any atom is -0.350 e. The molecule has 0 aliphatic carbocycles. The number of anilines is 2. The number of benzene rings is 3. The van der Waals surface area contributed by atoms with Gasteiger partial charge in [-0.15, -0.1) is 0 Å². The average molecular weight is 480 g/mol. The molecule has 4 rings (SSSR count). The Morgan fingerprint density at radius 3 is 2.30 bits per heavy atom. The van der Waals surface area contributed by atoms with E-state index in [2.05, 4.69) is 10.6 Å². The summed E-state index contributed by atoms with van der Waals surface area (Å²) in [5, 5.41) is 5.93. The van der Waals surface area contributed by atoms with Gasteiger partial charge in [-0.25, -0.2) is 4.90 Å². The Morgan fingerprint density at radius 1 is 0.909 bits per heavy atom. The average Bonchev–Trinajstić information content (AvgIpc) is 3.03. The molecule has 2 N–H and O–H groups in total. The lowest BCUT2D eigenvalue weighted by Gasteiger charge is -2.17. The van der Waals surface area contributed by atoms with E-state index in [-0.39, 0.29) is 16.6 Å². The Labute approximate surface area is 200 Å². The lowest BCUT2D eigenvalue weighted by Crippen LogP contribution is -2.32. The molecule has 0 radical (unpaired) electrons. The molecular formula is C25H19Cl2N3O3. The summed E-state index contributed by atoms with van der Waals surface area (Å²) in [6.07, 6.45) is 0. The highest BCUT2D eigenvalue weighted by Crippen LogP contribution is 2.33. The molecule has 3 aromatic carbocycles. The number of hydrogen-bond donors (Lipinski definition) is 2. The SMILES string of the molecule is Cc1ccc(Cl)cc1N1C(=O)C(Cl)=C(Nc2ccc(C(=O)NCc3ccccc3)cc2)C1=O. The fourth-order valence-corrected chi connectivity index (χ4v) is 3.76. The molecule has 0 saturated heterocycles. The summed E-state index contributed by atoms with van der Waals surface area (Å²) in [4.78, 5) is 39.1. The number of rotatable bonds is 6. The maximum atomic E-state index is 13.0. The van der Waals surface area contributed by atoms with Gasteiger partial charge in [0.15, 0.2) is 0 Å². The van der Waals surface area contributed by atoms with Gasteiger partial charge in [0, 0.05) is 22.8 Å². The van der Waals surface area contributed by atoms with Crippen molar-refractivity contribution < 1.29 is 14.4 Å². The van der Waals surface area contributed by atoms with Crippen LogP contribution in [-0.4, -0.2) is 17.7 Å². The molecule has 33 heavy (non-hydrogen) atoms. The van der Waals surface area contributed by atoms with Crippen LogP contribution in [0, 0.1) is 6.92 Å². The second kappa shape index (κ2) is 9.48. The second-order valence-electron chi connectivity index (χ2n) is 7.44. The third-order valence-corrected chi connectivity index (χ3v) is 5.74. The van der Waals surface area contributed by atoms with Gasteiger partial charge in [-0.05, 0) is 54.4 Å². The number of aryl methyl sites for hydroxylation is 1. The van der Waals surface area contributed by atoms with Crippen molar-refractivity contribution in [2.45, 2.75) is 13.5 Å². The maximum absolute atomic E-state index is 13.0. The van der Waals surface area contributed by atoms with Crippen LogP contribution in [0.15, 0.2) is 83.5 Å². The zero-order valence-corrected chi connectivity index (χ0v) is 19.1. The lowest BCUT2D eigenvalue weighted by atomic mass is 10.1. The summed E-state index contributed by atoms with van der Waals surface area (Å²) in [7, 11) is 0. The fourth-order valence-electron chi connectivity index (χ4n) is 3.38. The normalized spacial score (nSPS) is 13.5. The van der Waals surface area contributed by atoms with Gasteiger partial charge in [0.1, 0.15) is 10.7 Å². The van der Waals surface area contributed by atoms with Gasteiger partial charge in [0.25, 0.3) is 17.7 Å². The molecule has 166 valence electrons. The molecule has 1 heterocycles. The van der Waals surface area contributed by atoms with E-state index in [0.717, 1.165) is 10.5 Å². The Kier molecular flexibility index (Phi) is 6.49. The van der Waals surface area contributed by atoms with E-state index < -0.39 is 11.8 Å². The third-order valence-electron chi connectivity index (χ3n) is 5.15. The molecule has 0 unspecified atom stereocenters. The quantitative estimate of drug-likeness (QED) is 0.486. The highest BCUT2D eigenvalue weighted by Gasteiger charge is 2.39. The molecule has 3 amide bonds. The standard InChI is InChI=1S/C25H19Cl2N3O3/c1-15-7-10-18(26)13-20(15)30-24(32)21(27)22(25(30)33)29-19-11-8-17(9-12-19)23(31)28-14-16-5-3-2-4-6-16/h2-13,29H,14H2,1H3,(H,28,31). The van der Waals surface area contributed by atoms with Crippen LogP contribution in [0.1, 0.15) is 21.5 Å². The zero-order valence-electron chi connectivity index (χ0n) is 17.6. The summed E-state index contributed by atoms with van der Waals surface area (Å²) in [6.45, 7) is 2.19. The highest BCUT2D eigenvalue weighted by molar-refractivity contribution is 6.53. The van der Waals surface area contributed by atoms with Gasteiger partial charge in [0.2, 0.25) is 0 Å². The van der Waals surface area contributed by atoms with Gasteiger partial charge in [-0.1, -0.05) is 59.6 Å². The van der Waals surface area contributed by atoms with E-state index >= 15 is 0 Å². The summed E-state index contributed by atoms with van der Waals surface area (Å²) in [6, 6.07) is 21.1. The first-order valence-electron chi connectivity index (χ1n) is 10.1. The molecule has 8 heteroatoms. The number of carbonyl (C=O) groups excluding carboxylic acids is 3. The van der Waals surface area contributed by atoms with Gasteiger partial charge < -0.3 is 10.6 Å². The van der Waals surface area contributed by atoms with Crippen LogP contribution in [0.3, 0.4) is 0 Å². The number of nitrogens with zero attached hydrogens (tertiary/aromatic N) is 1. The first-order chi connectivity index (χ1) is 15.8. The van der Waals surface area contributed by atoms with E-state index in [1.54, 1.807) is 49.4 Å². The van der Waals surface area contributed by atoms with E-state index in [1.807, 2.05) is 30.3 Å². The summed E-state index contributed by atoms with van der Waals surface area (Å²) >= 11 is 12.2. The minimum absolute atomic E-state index is 0.0395. The summed E-state index contributed by atoms with van der Waals surface area (Å²) in [5.74, 6) is -1.44. The van der Waals surface area contributed by atoms with Crippen molar-refractivity contribution in [3.63, 3.8) is 0 Å². The van der Waals surface area contributed by atoms with Crippen LogP contribution in [0.4, 0.5) is 11.4 Å². The van der Waals surface area contributed by atoms with Crippen LogP contribution >= 0.6 is 23.2 Å². The maximum Gasteiger partial charge on any atom is 0.283 e. The van der Waals surface area contributed by atoms with E-state index in [0.29, 0.717) is 34.1 Å². The molecule has 1 aliphatic heterocycles. The topological polar surface area (TPSA) is 78.5 Å². The molecule has 0 atom stereocenters. The molecular weight excluding hydrogens is 461 g/mol. The molecule has 0 spiro atoms. The van der Waals surface area contributed by atoms with E-state index in [4.69, 9.17) is 23.2 Å². The zero-order chi connectivity index (χ0) is 23.5. The monoisotopic (exact) mass is 479 g/mol. The van der Waals surface area contributed by atoms with Crippen molar-refractivity contribution in [3.8, 4) is 0 Å². The molecule has 0 fully saturated rings. The molecule has 0 bridgehead atoms. The molecule has 0 saturated carbocycles. The number of nitrogens with one attached hydrogen (secondary N) is 2.